The van der Waals surface area contributed by atoms with Gasteiger partial charge in [0.05, 0.1) is 11.3 Å². The Morgan fingerprint density at radius 2 is 2.03 bits per heavy atom. The Bertz CT molecular complexity index is 1060. The van der Waals surface area contributed by atoms with E-state index in [0.717, 1.165) is 28.9 Å². The van der Waals surface area contributed by atoms with Crippen molar-refractivity contribution in [1.82, 2.24) is 25.0 Å². The van der Waals surface area contributed by atoms with E-state index in [0.29, 0.717) is 25.2 Å². The first kappa shape index (κ1) is 18.9. The first-order valence-corrected chi connectivity index (χ1v) is 9.63. The topological polar surface area (TPSA) is 80.1 Å². The Labute approximate surface area is 169 Å². The predicted molar refractivity (Wildman–Crippen MR) is 109 cm³/mol. The summed E-state index contributed by atoms with van der Waals surface area (Å²) in [4.78, 5) is 31.0. The molecular weight excluding hydrogens is 366 g/mol. The minimum Gasteiger partial charge on any atom is -0.352 e. The van der Waals surface area contributed by atoms with Crippen LogP contribution in [0, 0.1) is 6.92 Å². The second kappa shape index (κ2) is 7.87. The van der Waals surface area contributed by atoms with Gasteiger partial charge in [0.15, 0.2) is 0 Å². The van der Waals surface area contributed by atoms with Gasteiger partial charge in [-0.1, -0.05) is 12.1 Å². The molecule has 0 saturated carbocycles. The van der Waals surface area contributed by atoms with Crippen LogP contribution in [-0.4, -0.2) is 38.0 Å². The summed E-state index contributed by atoms with van der Waals surface area (Å²) < 4.78 is 1.71. The number of aryl methyl sites for hydroxylation is 1. The van der Waals surface area contributed by atoms with Crippen molar-refractivity contribution in [1.29, 1.82) is 0 Å². The zero-order valence-electron chi connectivity index (χ0n) is 16.6. The lowest BCUT2D eigenvalue weighted by Gasteiger charge is -2.31. The molecule has 0 unspecified atom stereocenters. The number of hydrogen-bond donors (Lipinski definition) is 1. The molecule has 0 radical (unpaired) electrons. The molecule has 0 bridgehead atoms. The number of nitrogens with one attached hydrogen (secondary N) is 1. The van der Waals surface area contributed by atoms with Crippen molar-refractivity contribution >= 4 is 11.8 Å². The molecule has 7 heteroatoms. The third-order valence-electron chi connectivity index (χ3n) is 5.28. The summed E-state index contributed by atoms with van der Waals surface area (Å²) in [6.45, 7) is 5.05. The third kappa shape index (κ3) is 3.76. The van der Waals surface area contributed by atoms with Gasteiger partial charge in [0.1, 0.15) is 0 Å². The zero-order chi connectivity index (χ0) is 20.4. The maximum atomic E-state index is 13.3. The number of rotatable bonds is 4. The number of aromatic nitrogens is 3. The first-order valence-electron chi connectivity index (χ1n) is 9.63. The van der Waals surface area contributed by atoms with Crippen molar-refractivity contribution in [3.05, 3.63) is 76.9 Å². The maximum Gasteiger partial charge on any atom is 0.256 e. The van der Waals surface area contributed by atoms with Gasteiger partial charge in [-0.2, -0.15) is 5.10 Å². The van der Waals surface area contributed by atoms with Gasteiger partial charge in [-0.15, -0.1) is 0 Å². The Morgan fingerprint density at radius 1 is 1.21 bits per heavy atom. The number of nitrogens with zero attached hydrogens (tertiary/aromatic N) is 4. The highest BCUT2D eigenvalue weighted by Gasteiger charge is 2.26. The molecule has 148 valence electrons. The van der Waals surface area contributed by atoms with E-state index >= 15 is 0 Å². The molecule has 4 rings (SSSR count). The highest BCUT2D eigenvalue weighted by atomic mass is 16.2. The largest absolute Gasteiger partial charge is 0.352 e. The van der Waals surface area contributed by atoms with Gasteiger partial charge in [0.2, 0.25) is 5.91 Å². The average Bonchev–Trinajstić information content (AvgIpc) is 3.27. The molecule has 0 fully saturated rings. The molecule has 3 aromatic rings. The van der Waals surface area contributed by atoms with E-state index in [4.69, 9.17) is 0 Å². The molecule has 29 heavy (non-hydrogen) atoms. The number of carbonyl (C=O) groups excluding carboxylic acids is 2. The molecule has 0 aliphatic carbocycles. The van der Waals surface area contributed by atoms with Gasteiger partial charge in [0.25, 0.3) is 5.91 Å². The molecule has 2 aromatic heterocycles. The summed E-state index contributed by atoms with van der Waals surface area (Å²) in [6, 6.07) is 9.34. The van der Waals surface area contributed by atoms with Crippen LogP contribution in [0.2, 0.25) is 0 Å². The molecule has 1 aromatic carbocycles. The molecule has 1 aliphatic rings. The van der Waals surface area contributed by atoms with Crippen molar-refractivity contribution in [3.63, 3.8) is 0 Å². The molecule has 1 N–H and O–H groups in total. The summed E-state index contributed by atoms with van der Waals surface area (Å²) in [5.74, 6) is -0.0874. The lowest BCUT2D eigenvalue weighted by Crippen LogP contribution is -2.37. The highest BCUT2D eigenvalue weighted by Crippen LogP contribution is 2.26. The molecule has 0 spiro atoms. The van der Waals surface area contributed by atoms with Gasteiger partial charge in [-0.25, -0.2) is 4.68 Å². The van der Waals surface area contributed by atoms with Crippen LogP contribution in [0.3, 0.4) is 0 Å². The van der Waals surface area contributed by atoms with Crippen molar-refractivity contribution in [2.45, 2.75) is 33.4 Å². The van der Waals surface area contributed by atoms with Crippen molar-refractivity contribution in [3.8, 4) is 5.69 Å². The molecule has 3 heterocycles. The second-order valence-electron chi connectivity index (χ2n) is 7.18. The lowest BCUT2D eigenvalue weighted by atomic mass is 9.94. The Balaban J connectivity index is 1.61. The van der Waals surface area contributed by atoms with E-state index in [1.54, 1.807) is 10.9 Å². The number of hydrogen-bond acceptors (Lipinski definition) is 4. The van der Waals surface area contributed by atoms with E-state index < -0.39 is 0 Å². The maximum absolute atomic E-state index is 13.3. The quantitative estimate of drug-likeness (QED) is 0.743. The van der Waals surface area contributed by atoms with Gasteiger partial charge in [0, 0.05) is 50.8 Å². The van der Waals surface area contributed by atoms with Crippen LogP contribution in [0.5, 0.6) is 0 Å². The fourth-order valence-electron chi connectivity index (χ4n) is 3.78. The Hall–Kier alpha value is -3.48. The van der Waals surface area contributed by atoms with E-state index in [1.165, 1.54) is 12.5 Å². The number of carbonyl (C=O) groups is 2. The number of benzene rings is 1. The van der Waals surface area contributed by atoms with E-state index in [9.17, 15) is 9.59 Å². The van der Waals surface area contributed by atoms with Crippen molar-refractivity contribution in [2.24, 2.45) is 0 Å². The van der Waals surface area contributed by atoms with E-state index in [1.807, 2.05) is 54.5 Å². The summed E-state index contributed by atoms with van der Waals surface area (Å²) >= 11 is 0. The highest BCUT2D eigenvalue weighted by molar-refractivity contribution is 5.97. The van der Waals surface area contributed by atoms with Gasteiger partial charge >= 0.3 is 0 Å². The Kier molecular flexibility index (Phi) is 5.12. The van der Waals surface area contributed by atoms with E-state index in [2.05, 4.69) is 15.4 Å². The number of para-hydroxylation sites is 1. The Morgan fingerprint density at radius 3 is 2.79 bits per heavy atom. The van der Waals surface area contributed by atoms with E-state index in [-0.39, 0.29) is 11.8 Å². The second-order valence-corrected chi connectivity index (χ2v) is 7.18. The third-order valence-corrected chi connectivity index (χ3v) is 5.28. The minimum absolute atomic E-state index is 0.0225. The van der Waals surface area contributed by atoms with Crippen LogP contribution in [0.1, 0.15) is 39.7 Å². The van der Waals surface area contributed by atoms with Gasteiger partial charge in [-0.3, -0.25) is 14.6 Å². The SMILES string of the molecule is CC(=O)NCc1c(C)ncc2c1CCN(C(=O)c1ccccc1-n1cccn1)C2. The lowest BCUT2D eigenvalue weighted by molar-refractivity contribution is -0.119. The van der Waals surface area contributed by atoms with Crippen LogP contribution in [0.25, 0.3) is 5.69 Å². The average molecular weight is 389 g/mol. The van der Waals surface area contributed by atoms with Gasteiger partial charge in [-0.05, 0) is 48.2 Å². The van der Waals surface area contributed by atoms with Crippen LogP contribution < -0.4 is 5.32 Å². The summed E-state index contributed by atoms with van der Waals surface area (Å²) in [7, 11) is 0. The molecular formula is C22H23N5O2. The smallest absolute Gasteiger partial charge is 0.256 e. The predicted octanol–water partition coefficient (Wildman–Crippen LogP) is 2.41. The van der Waals surface area contributed by atoms with Crippen LogP contribution in [0.4, 0.5) is 0 Å². The van der Waals surface area contributed by atoms with Crippen LogP contribution in [-0.2, 0) is 24.3 Å². The standard InChI is InChI=1S/C22H23N5O2/c1-15-20(13-24-16(2)28)18-8-11-26(14-17(18)12-23-15)22(29)19-6-3-4-7-21(19)27-10-5-9-25-27/h3-7,9-10,12H,8,11,13-14H2,1-2H3,(H,24,28). The van der Waals surface area contributed by atoms with Crippen molar-refractivity contribution < 1.29 is 9.59 Å². The minimum atomic E-state index is -0.0650. The number of fused-ring (bicyclic) bond motifs is 1. The fraction of sp³-hybridized carbons (Fsp3) is 0.273. The molecule has 0 atom stereocenters. The summed E-state index contributed by atoms with van der Waals surface area (Å²) in [5.41, 5.74) is 5.59. The van der Waals surface area contributed by atoms with Crippen molar-refractivity contribution in [2.75, 3.05) is 6.54 Å². The van der Waals surface area contributed by atoms with Crippen LogP contribution >= 0.6 is 0 Å². The molecule has 2 amide bonds. The fourth-order valence-corrected chi connectivity index (χ4v) is 3.78. The molecule has 1 aliphatic heterocycles. The molecule has 0 saturated heterocycles. The number of amides is 2. The summed E-state index contributed by atoms with van der Waals surface area (Å²) in [6.07, 6.45) is 6.12. The number of pyridine rings is 1. The monoisotopic (exact) mass is 389 g/mol. The molecule has 7 nitrogen and oxygen atoms in total. The normalized spacial score (nSPS) is 13.1. The summed E-state index contributed by atoms with van der Waals surface area (Å²) in [5, 5.41) is 7.13. The zero-order valence-corrected chi connectivity index (χ0v) is 16.6. The van der Waals surface area contributed by atoms with Crippen LogP contribution in [0.15, 0.2) is 48.9 Å². The van der Waals surface area contributed by atoms with Gasteiger partial charge < -0.3 is 10.2 Å². The first-order chi connectivity index (χ1) is 14.0.